The number of ether oxygens (including phenoxy) is 7. The van der Waals surface area contributed by atoms with E-state index >= 15 is 0 Å². The van der Waals surface area contributed by atoms with Crippen LogP contribution in [0.1, 0.15) is 24.5 Å². The number of esters is 2. The zero-order valence-corrected chi connectivity index (χ0v) is 30.4. The van der Waals surface area contributed by atoms with E-state index in [1.165, 1.54) is 30.3 Å². The lowest BCUT2D eigenvalue weighted by Crippen LogP contribution is -2.60. The van der Waals surface area contributed by atoms with Gasteiger partial charge in [-0.1, -0.05) is 30.3 Å². The molecule has 2 aromatic carbocycles. The summed E-state index contributed by atoms with van der Waals surface area (Å²) in [5.74, 6) is -2.74. The number of rotatable bonds is 15. The summed E-state index contributed by atoms with van der Waals surface area (Å²) in [6, 6.07) is 12.6. The largest absolute Gasteiger partial charge is 0.508 e. The maximum Gasteiger partial charge on any atom is 0.337 e. The van der Waals surface area contributed by atoms with Gasteiger partial charge in [-0.3, -0.25) is 4.79 Å². The zero-order chi connectivity index (χ0) is 40.5. The van der Waals surface area contributed by atoms with Crippen LogP contribution in [-0.4, -0.2) is 152 Å². The van der Waals surface area contributed by atoms with E-state index in [9.17, 15) is 55.5 Å². The molecule has 18 heteroatoms. The lowest BCUT2D eigenvalue weighted by molar-refractivity contribution is -0.327. The molecule has 3 aliphatic rings. The predicted octanol–water partition coefficient (Wildman–Crippen LogP) is -1.20. The smallest absolute Gasteiger partial charge is 0.337 e. The van der Waals surface area contributed by atoms with Crippen LogP contribution >= 0.6 is 0 Å². The monoisotopic (exact) mass is 792 g/mol. The number of carbonyl (C=O) groups excluding carboxylic acids is 2. The Morgan fingerprint density at radius 3 is 1.86 bits per heavy atom. The molecular formula is C38H48O18. The fraction of sp³-hybridized carbons (Fsp3) is 0.526. The van der Waals surface area contributed by atoms with Crippen molar-refractivity contribution < 1.29 is 88.7 Å². The number of hydrogen-bond acceptors (Lipinski definition) is 18. The van der Waals surface area contributed by atoms with Crippen LogP contribution in [0.3, 0.4) is 0 Å². The molecule has 12 atom stereocenters. The van der Waals surface area contributed by atoms with E-state index < -0.39 is 105 Å². The SMILES string of the molecule is C/C=C1/[C@H](O[C@@H]2O[C@H](CO)[C@@H](O)[C@H](O)[C@H]2O)OC=C(C(=O)OCCc2ccc(O)cc2)[C@H]1CC(=O)OC[C@H]1O[C@@H](OCCc2ccc(O)cc2)[C@H](O)[C@@H](O)[C@H]1O. The molecule has 3 aliphatic heterocycles. The molecule has 0 aromatic heterocycles. The van der Waals surface area contributed by atoms with Crippen molar-refractivity contribution in [1.29, 1.82) is 0 Å². The van der Waals surface area contributed by atoms with Crippen molar-refractivity contribution in [2.75, 3.05) is 26.4 Å². The number of phenolic OH excluding ortho intramolecular Hbond substituents is 2. The number of hydrogen-bond donors (Lipinski definition) is 9. The van der Waals surface area contributed by atoms with Gasteiger partial charge in [-0.15, -0.1) is 0 Å². The minimum Gasteiger partial charge on any atom is -0.508 e. The molecule has 0 radical (unpaired) electrons. The second-order valence-electron chi connectivity index (χ2n) is 13.5. The Morgan fingerprint density at radius 2 is 1.27 bits per heavy atom. The molecular weight excluding hydrogens is 744 g/mol. The normalized spacial score (nSPS) is 32.6. The molecule has 2 aromatic rings. The summed E-state index contributed by atoms with van der Waals surface area (Å²) in [6.45, 7) is 0.183. The summed E-state index contributed by atoms with van der Waals surface area (Å²) < 4.78 is 39.2. The molecule has 3 heterocycles. The van der Waals surface area contributed by atoms with E-state index in [0.29, 0.717) is 6.42 Å². The van der Waals surface area contributed by atoms with Gasteiger partial charge in [0.25, 0.3) is 0 Å². The van der Waals surface area contributed by atoms with E-state index in [-0.39, 0.29) is 42.3 Å². The number of phenols is 2. The van der Waals surface area contributed by atoms with Crippen LogP contribution < -0.4 is 0 Å². The van der Waals surface area contributed by atoms with Crippen LogP contribution in [-0.2, 0) is 55.6 Å². The first-order chi connectivity index (χ1) is 26.8. The third-order valence-electron chi connectivity index (χ3n) is 9.66. The highest BCUT2D eigenvalue weighted by Crippen LogP contribution is 2.36. The van der Waals surface area contributed by atoms with Crippen molar-refractivity contribution in [2.24, 2.45) is 5.92 Å². The standard InChI is InChI=1S/C38H48O18/c1-2-23-24(15-28(42)52-18-27-30(44)32(46)33(47)37(55-27)51-14-12-20-5-9-22(41)10-6-20)25(35(49)50-13-11-19-3-7-21(40)8-4-19)17-53-36(23)56-38-34(48)31(45)29(43)26(16-39)54-38/h2-10,17,24,26-27,29-34,36-41,43-48H,11-16,18H2,1H3/b23-2+/t24-,26+,27+,29+,30-,31-,32-,33+,34+,36-,37+,38-/m0/s1. The molecule has 0 saturated carbocycles. The van der Waals surface area contributed by atoms with Crippen LogP contribution in [0.4, 0.5) is 0 Å². The van der Waals surface area contributed by atoms with Crippen molar-refractivity contribution in [2.45, 2.75) is 93.9 Å². The Bertz CT molecular complexity index is 1640. The van der Waals surface area contributed by atoms with Crippen LogP contribution in [0.15, 0.2) is 72.0 Å². The van der Waals surface area contributed by atoms with Gasteiger partial charge in [-0.25, -0.2) is 4.79 Å². The molecule has 18 nitrogen and oxygen atoms in total. The molecule has 56 heavy (non-hydrogen) atoms. The highest BCUT2D eigenvalue weighted by atomic mass is 16.8. The molecule has 5 rings (SSSR count). The molecule has 0 bridgehead atoms. The van der Waals surface area contributed by atoms with Crippen molar-refractivity contribution in [3.8, 4) is 11.5 Å². The first kappa shape index (κ1) is 43.0. The van der Waals surface area contributed by atoms with Gasteiger partial charge in [0.2, 0.25) is 6.29 Å². The zero-order valence-electron chi connectivity index (χ0n) is 30.4. The molecule has 2 saturated heterocycles. The fourth-order valence-corrected chi connectivity index (χ4v) is 6.36. The second-order valence-corrected chi connectivity index (χ2v) is 13.5. The topological polar surface area (TPSA) is 281 Å². The lowest BCUT2D eigenvalue weighted by atomic mass is 9.86. The number of aliphatic hydroxyl groups excluding tert-OH is 7. The van der Waals surface area contributed by atoms with Gasteiger partial charge in [0.05, 0.1) is 38.1 Å². The van der Waals surface area contributed by atoms with E-state index in [1.807, 2.05) is 0 Å². The van der Waals surface area contributed by atoms with Gasteiger partial charge in [-0.05, 0) is 48.7 Å². The molecule has 0 spiro atoms. The third-order valence-corrected chi connectivity index (χ3v) is 9.66. The highest BCUT2D eigenvalue weighted by Gasteiger charge is 2.48. The van der Waals surface area contributed by atoms with Crippen molar-refractivity contribution in [3.05, 3.63) is 83.1 Å². The van der Waals surface area contributed by atoms with Crippen molar-refractivity contribution in [1.82, 2.24) is 0 Å². The van der Waals surface area contributed by atoms with Gasteiger partial charge in [-0.2, -0.15) is 0 Å². The van der Waals surface area contributed by atoms with Gasteiger partial charge < -0.3 is 79.1 Å². The number of aromatic hydroxyl groups is 2. The van der Waals surface area contributed by atoms with Gasteiger partial charge >= 0.3 is 11.9 Å². The van der Waals surface area contributed by atoms with E-state index in [1.54, 1.807) is 31.2 Å². The first-order valence-electron chi connectivity index (χ1n) is 18.0. The summed E-state index contributed by atoms with van der Waals surface area (Å²) in [6.07, 6.45) is -14.7. The Labute approximate surface area is 321 Å². The van der Waals surface area contributed by atoms with Crippen molar-refractivity contribution in [3.63, 3.8) is 0 Å². The average Bonchev–Trinajstić information content (AvgIpc) is 3.19. The van der Waals surface area contributed by atoms with E-state index in [0.717, 1.165) is 17.4 Å². The minimum atomic E-state index is -1.79. The molecule has 2 fully saturated rings. The number of benzene rings is 2. The van der Waals surface area contributed by atoms with E-state index in [4.69, 9.17) is 33.2 Å². The second kappa shape index (κ2) is 19.8. The van der Waals surface area contributed by atoms with Crippen LogP contribution in [0, 0.1) is 5.92 Å². The fourth-order valence-electron chi connectivity index (χ4n) is 6.36. The Balaban J connectivity index is 1.26. The molecule has 308 valence electrons. The van der Waals surface area contributed by atoms with E-state index in [2.05, 4.69) is 0 Å². The molecule has 0 aliphatic carbocycles. The summed E-state index contributed by atoms with van der Waals surface area (Å²) in [7, 11) is 0. The summed E-state index contributed by atoms with van der Waals surface area (Å²) in [5.41, 5.74) is 1.62. The van der Waals surface area contributed by atoms with Gasteiger partial charge in [0, 0.05) is 17.9 Å². The molecule has 0 amide bonds. The molecule has 0 unspecified atom stereocenters. The maximum atomic E-state index is 13.4. The maximum absolute atomic E-state index is 13.4. The van der Waals surface area contributed by atoms with Crippen LogP contribution in [0.2, 0.25) is 0 Å². The number of carbonyl (C=O) groups is 2. The van der Waals surface area contributed by atoms with Crippen LogP contribution in [0.25, 0.3) is 0 Å². The number of allylic oxidation sites excluding steroid dienone is 1. The third kappa shape index (κ3) is 10.6. The lowest BCUT2D eigenvalue weighted by Gasteiger charge is -2.42. The van der Waals surface area contributed by atoms with Gasteiger partial charge in [0.15, 0.2) is 12.6 Å². The quantitative estimate of drug-likeness (QED) is 0.0757. The first-order valence-corrected chi connectivity index (χ1v) is 18.0. The number of aliphatic hydroxyl groups is 7. The Morgan fingerprint density at radius 1 is 0.714 bits per heavy atom. The summed E-state index contributed by atoms with van der Waals surface area (Å²) >= 11 is 0. The highest BCUT2D eigenvalue weighted by molar-refractivity contribution is 5.91. The van der Waals surface area contributed by atoms with Crippen LogP contribution in [0.5, 0.6) is 11.5 Å². The Hall–Kier alpha value is -4.18. The minimum absolute atomic E-state index is 0.0320. The predicted molar refractivity (Wildman–Crippen MR) is 188 cm³/mol. The Kier molecular flexibility index (Phi) is 15.2. The van der Waals surface area contributed by atoms with Gasteiger partial charge in [0.1, 0.15) is 66.9 Å². The summed E-state index contributed by atoms with van der Waals surface area (Å²) in [5, 5.41) is 91.3. The van der Waals surface area contributed by atoms with Crippen molar-refractivity contribution >= 4 is 11.9 Å². The summed E-state index contributed by atoms with van der Waals surface area (Å²) in [4.78, 5) is 26.9. The average molecular weight is 793 g/mol. The molecule has 9 N–H and O–H groups in total.